The van der Waals surface area contributed by atoms with Crippen LogP contribution in [0.5, 0.6) is 0 Å². The van der Waals surface area contributed by atoms with E-state index >= 15 is 0 Å². The lowest BCUT2D eigenvalue weighted by Crippen LogP contribution is -2.33. The Hall–Kier alpha value is -3.62. The minimum Gasteiger partial charge on any atom is -0.342 e. The number of carbonyl (C=O) groups excluding carboxylic acids is 2. The molecule has 0 unspecified atom stereocenters. The fourth-order valence-corrected chi connectivity index (χ4v) is 2.07. The molecule has 0 fully saturated rings. The minimum absolute atomic E-state index is 0.157. The van der Waals surface area contributed by atoms with Crippen molar-refractivity contribution < 1.29 is 9.59 Å². The van der Waals surface area contributed by atoms with Gasteiger partial charge in [0.15, 0.2) is 0 Å². The number of nitrogens with one attached hydrogen (secondary N) is 2. The van der Waals surface area contributed by atoms with Crippen molar-refractivity contribution in [3.05, 3.63) is 66.8 Å². The van der Waals surface area contributed by atoms with Crippen LogP contribution in [0.25, 0.3) is 0 Å². The Labute approximate surface area is 143 Å². The molecule has 126 valence electrons. The summed E-state index contributed by atoms with van der Waals surface area (Å²) in [4.78, 5) is 35.2. The third-order valence-corrected chi connectivity index (χ3v) is 3.25. The lowest BCUT2D eigenvalue weighted by atomic mass is 10.2. The molecule has 2 amide bonds. The topological polar surface area (TPSA) is 115 Å². The van der Waals surface area contributed by atoms with E-state index < -0.39 is 5.91 Å². The third kappa shape index (κ3) is 4.67. The quantitative estimate of drug-likeness (QED) is 0.676. The summed E-state index contributed by atoms with van der Waals surface area (Å²) in [5.41, 5.74) is 1.83. The number of amides is 2. The Bertz CT molecular complexity index is 833. The standard InChI is InChI=1S/C16H15N7O2/c24-15(8-20-16(25)14-7-17-5-6-19-14)22-13-3-1-12(2-4-13)9-23-11-18-10-21-23/h1-7,10-11H,8-9H2,(H,20,25)(H,22,24). The number of hydrogen-bond donors (Lipinski definition) is 2. The predicted octanol–water partition coefficient (Wildman–Crippen LogP) is 0.485. The molecule has 0 saturated heterocycles. The van der Waals surface area contributed by atoms with Gasteiger partial charge in [0.1, 0.15) is 18.3 Å². The molecular weight excluding hydrogens is 322 g/mol. The van der Waals surface area contributed by atoms with Crippen molar-refractivity contribution in [2.75, 3.05) is 11.9 Å². The summed E-state index contributed by atoms with van der Waals surface area (Å²) in [5.74, 6) is -0.785. The first-order chi connectivity index (χ1) is 12.2. The van der Waals surface area contributed by atoms with Gasteiger partial charge in [-0.2, -0.15) is 5.10 Å². The van der Waals surface area contributed by atoms with Crippen molar-refractivity contribution in [1.29, 1.82) is 0 Å². The van der Waals surface area contributed by atoms with Crippen molar-refractivity contribution in [2.45, 2.75) is 6.54 Å². The predicted molar refractivity (Wildman–Crippen MR) is 88.6 cm³/mol. The van der Waals surface area contributed by atoms with Crippen LogP contribution >= 0.6 is 0 Å². The molecule has 0 spiro atoms. The highest BCUT2D eigenvalue weighted by atomic mass is 16.2. The van der Waals surface area contributed by atoms with Gasteiger partial charge in [0.2, 0.25) is 5.91 Å². The molecule has 0 saturated carbocycles. The minimum atomic E-state index is -0.452. The molecule has 0 aliphatic heterocycles. The molecular formula is C16H15N7O2. The van der Waals surface area contributed by atoms with Crippen LogP contribution in [0.1, 0.15) is 16.1 Å². The van der Waals surface area contributed by atoms with Crippen LogP contribution in [-0.4, -0.2) is 43.1 Å². The average Bonchev–Trinajstić information content (AvgIpc) is 3.15. The van der Waals surface area contributed by atoms with Crippen LogP contribution in [0.3, 0.4) is 0 Å². The smallest absolute Gasteiger partial charge is 0.271 e. The van der Waals surface area contributed by atoms with E-state index in [9.17, 15) is 9.59 Å². The monoisotopic (exact) mass is 337 g/mol. The van der Waals surface area contributed by atoms with Crippen LogP contribution in [0.2, 0.25) is 0 Å². The van der Waals surface area contributed by atoms with E-state index in [1.807, 2.05) is 12.1 Å². The summed E-state index contributed by atoms with van der Waals surface area (Å²) in [6, 6.07) is 7.34. The summed E-state index contributed by atoms with van der Waals surface area (Å²) in [6.45, 7) is 0.443. The van der Waals surface area contributed by atoms with Crippen LogP contribution in [0.4, 0.5) is 5.69 Å². The molecule has 25 heavy (non-hydrogen) atoms. The van der Waals surface area contributed by atoms with Crippen molar-refractivity contribution in [1.82, 2.24) is 30.0 Å². The Kier molecular flexibility index (Phi) is 5.05. The zero-order chi connectivity index (χ0) is 17.5. The van der Waals surface area contributed by atoms with E-state index in [4.69, 9.17) is 0 Å². The lowest BCUT2D eigenvalue weighted by Gasteiger charge is -2.08. The first-order valence-electron chi connectivity index (χ1n) is 7.46. The van der Waals surface area contributed by atoms with Crippen molar-refractivity contribution in [3.8, 4) is 0 Å². The third-order valence-electron chi connectivity index (χ3n) is 3.25. The second kappa shape index (κ2) is 7.77. The van der Waals surface area contributed by atoms with Crippen molar-refractivity contribution >= 4 is 17.5 Å². The van der Waals surface area contributed by atoms with Crippen LogP contribution in [-0.2, 0) is 11.3 Å². The van der Waals surface area contributed by atoms with Gasteiger partial charge in [-0.05, 0) is 17.7 Å². The van der Waals surface area contributed by atoms with Crippen molar-refractivity contribution in [2.24, 2.45) is 0 Å². The second-order valence-corrected chi connectivity index (χ2v) is 5.11. The Morgan fingerprint density at radius 2 is 1.92 bits per heavy atom. The number of rotatable bonds is 6. The van der Waals surface area contributed by atoms with E-state index in [-0.39, 0.29) is 18.1 Å². The molecule has 0 radical (unpaired) electrons. The Balaban J connectivity index is 1.48. The van der Waals surface area contributed by atoms with Crippen LogP contribution < -0.4 is 10.6 Å². The number of hydrogen-bond acceptors (Lipinski definition) is 6. The SMILES string of the molecule is O=C(CNC(=O)c1cnccn1)Nc1ccc(Cn2cncn2)cc1. The van der Waals surface area contributed by atoms with Crippen molar-refractivity contribution in [3.63, 3.8) is 0 Å². The van der Waals surface area contributed by atoms with Gasteiger partial charge < -0.3 is 10.6 Å². The highest BCUT2D eigenvalue weighted by Crippen LogP contribution is 2.10. The van der Waals surface area contributed by atoms with Gasteiger partial charge >= 0.3 is 0 Å². The molecule has 3 aromatic rings. The molecule has 1 aromatic carbocycles. The molecule has 9 heteroatoms. The van der Waals surface area contributed by atoms with E-state index in [1.165, 1.54) is 24.9 Å². The molecule has 2 heterocycles. The number of nitrogens with zero attached hydrogens (tertiary/aromatic N) is 5. The summed E-state index contributed by atoms with van der Waals surface area (Å²) in [6.07, 6.45) is 7.33. The lowest BCUT2D eigenvalue weighted by molar-refractivity contribution is -0.115. The second-order valence-electron chi connectivity index (χ2n) is 5.11. The van der Waals surface area contributed by atoms with Gasteiger partial charge in [-0.25, -0.2) is 14.6 Å². The molecule has 0 atom stereocenters. The molecule has 2 N–H and O–H groups in total. The molecule has 0 aliphatic carbocycles. The van der Waals surface area contributed by atoms with Gasteiger partial charge in [0.05, 0.1) is 19.3 Å². The zero-order valence-electron chi connectivity index (χ0n) is 13.2. The fourth-order valence-electron chi connectivity index (χ4n) is 2.07. The summed E-state index contributed by atoms with van der Waals surface area (Å²) >= 11 is 0. The molecule has 9 nitrogen and oxygen atoms in total. The fraction of sp³-hybridized carbons (Fsp3) is 0.125. The number of carbonyl (C=O) groups is 2. The van der Waals surface area contributed by atoms with Gasteiger partial charge in [-0.1, -0.05) is 12.1 Å². The summed E-state index contributed by atoms with van der Waals surface area (Å²) in [7, 11) is 0. The van der Waals surface area contributed by atoms with E-state index in [1.54, 1.807) is 23.1 Å². The number of aromatic nitrogens is 5. The number of benzene rings is 1. The Morgan fingerprint density at radius 1 is 1.08 bits per heavy atom. The van der Waals surface area contributed by atoms with Crippen LogP contribution in [0, 0.1) is 0 Å². The Morgan fingerprint density at radius 3 is 2.60 bits per heavy atom. The first-order valence-corrected chi connectivity index (χ1v) is 7.46. The molecule has 0 bridgehead atoms. The highest BCUT2D eigenvalue weighted by molar-refractivity contribution is 5.98. The van der Waals surface area contributed by atoms with Gasteiger partial charge in [0.25, 0.3) is 5.91 Å². The van der Waals surface area contributed by atoms with E-state index in [0.717, 1.165) is 5.56 Å². The van der Waals surface area contributed by atoms with E-state index in [2.05, 4.69) is 30.7 Å². The van der Waals surface area contributed by atoms with Gasteiger partial charge in [-0.3, -0.25) is 14.6 Å². The first kappa shape index (κ1) is 16.2. The van der Waals surface area contributed by atoms with Gasteiger partial charge in [-0.15, -0.1) is 0 Å². The maximum Gasteiger partial charge on any atom is 0.271 e. The highest BCUT2D eigenvalue weighted by Gasteiger charge is 2.09. The van der Waals surface area contributed by atoms with E-state index in [0.29, 0.717) is 12.2 Å². The largest absolute Gasteiger partial charge is 0.342 e. The normalized spacial score (nSPS) is 10.2. The molecule has 3 rings (SSSR count). The summed E-state index contributed by atoms with van der Waals surface area (Å²) < 4.78 is 1.70. The molecule has 2 aromatic heterocycles. The maximum atomic E-state index is 11.9. The zero-order valence-corrected chi connectivity index (χ0v) is 13.2. The number of anilines is 1. The van der Waals surface area contributed by atoms with Gasteiger partial charge in [0, 0.05) is 18.1 Å². The van der Waals surface area contributed by atoms with Crippen LogP contribution in [0.15, 0.2) is 55.5 Å². The maximum absolute atomic E-state index is 11.9. The summed E-state index contributed by atoms with van der Waals surface area (Å²) in [5, 5.41) is 9.23. The average molecular weight is 337 g/mol. The molecule has 0 aliphatic rings.